The molecule has 0 radical (unpaired) electrons. The van der Waals surface area contributed by atoms with E-state index in [0.717, 1.165) is 9.87 Å². The van der Waals surface area contributed by atoms with Gasteiger partial charge in [-0.05, 0) is 29.8 Å². The number of carbonyl (C=O) groups is 3. The minimum absolute atomic E-state index is 0.0694. The summed E-state index contributed by atoms with van der Waals surface area (Å²) in [4.78, 5) is 37.3. The van der Waals surface area contributed by atoms with Gasteiger partial charge >= 0.3 is 12.1 Å². The summed E-state index contributed by atoms with van der Waals surface area (Å²) in [5.74, 6) is -0.685. The number of piperazine rings is 1. The number of alkyl carbamates (subject to hydrolysis) is 1. The van der Waals surface area contributed by atoms with Gasteiger partial charge in [0.1, 0.15) is 18.2 Å². The van der Waals surface area contributed by atoms with Crippen LogP contribution in [0.25, 0.3) is 6.08 Å². The van der Waals surface area contributed by atoms with Crippen molar-refractivity contribution in [3.8, 4) is 5.75 Å². The third-order valence-electron chi connectivity index (χ3n) is 6.06. The first-order valence-electron chi connectivity index (χ1n) is 12.2. The quantitative estimate of drug-likeness (QED) is 0.216. The van der Waals surface area contributed by atoms with Gasteiger partial charge < -0.3 is 19.1 Å². The maximum absolute atomic E-state index is 13.2. The van der Waals surface area contributed by atoms with E-state index >= 15 is 0 Å². The van der Waals surface area contributed by atoms with Gasteiger partial charge in [0.15, 0.2) is 0 Å². The molecule has 2 aliphatic heterocycles. The van der Waals surface area contributed by atoms with Crippen LogP contribution in [0.15, 0.2) is 47.4 Å². The lowest BCUT2D eigenvalue weighted by Crippen LogP contribution is -2.52. The molecule has 2 N–H and O–H groups in total. The average molecular weight is 591 g/mol. The standard InChI is InChI=1S/C26H27ClN4O8S/c1-16(32)38-17(2)39-26(34)29-25(28)19-5-3-18(4-6-19)13-30-9-10-31(14-24(30)33)40(35,36)22-11-20-7-8-21(27)12-23(20)37-15-22/h3-8,11-12,17H,9-10,13-15H2,1-2H3,(H2,28,29,34). The van der Waals surface area contributed by atoms with E-state index in [1.54, 1.807) is 47.4 Å². The van der Waals surface area contributed by atoms with Crippen LogP contribution in [0.5, 0.6) is 5.75 Å². The molecule has 2 aliphatic rings. The Hall–Kier alpha value is -3.94. The number of hydrogen-bond donors (Lipinski definition) is 2. The number of hydrogen-bond acceptors (Lipinski definition) is 9. The number of ether oxygens (including phenoxy) is 3. The fraction of sp³-hybridized carbons (Fsp3) is 0.308. The van der Waals surface area contributed by atoms with E-state index in [1.165, 1.54) is 19.9 Å². The predicted octanol–water partition coefficient (Wildman–Crippen LogP) is 2.71. The number of amidine groups is 1. The lowest BCUT2D eigenvalue weighted by atomic mass is 10.1. The van der Waals surface area contributed by atoms with Crippen molar-refractivity contribution >= 4 is 51.5 Å². The van der Waals surface area contributed by atoms with Crippen molar-refractivity contribution in [2.24, 2.45) is 0 Å². The Morgan fingerprint density at radius 3 is 2.55 bits per heavy atom. The van der Waals surface area contributed by atoms with Crippen molar-refractivity contribution in [2.75, 3.05) is 26.2 Å². The maximum atomic E-state index is 13.2. The predicted molar refractivity (Wildman–Crippen MR) is 145 cm³/mol. The Morgan fingerprint density at radius 1 is 1.15 bits per heavy atom. The molecule has 40 heavy (non-hydrogen) atoms. The number of esters is 1. The molecule has 0 bridgehead atoms. The molecule has 2 aromatic rings. The molecule has 12 nitrogen and oxygen atoms in total. The zero-order chi connectivity index (χ0) is 29.0. The van der Waals surface area contributed by atoms with E-state index < -0.39 is 28.4 Å². The number of benzene rings is 2. The highest BCUT2D eigenvalue weighted by molar-refractivity contribution is 7.93. The summed E-state index contributed by atoms with van der Waals surface area (Å²) >= 11 is 5.97. The third kappa shape index (κ3) is 6.97. The van der Waals surface area contributed by atoms with Gasteiger partial charge in [-0.2, -0.15) is 4.31 Å². The molecule has 212 valence electrons. The summed E-state index contributed by atoms with van der Waals surface area (Å²) in [6.45, 7) is 2.67. The molecule has 0 saturated carbocycles. The van der Waals surface area contributed by atoms with Gasteiger partial charge in [-0.25, -0.2) is 13.2 Å². The van der Waals surface area contributed by atoms with Gasteiger partial charge in [0.25, 0.3) is 0 Å². The third-order valence-corrected chi connectivity index (χ3v) is 8.19. The van der Waals surface area contributed by atoms with Crippen molar-refractivity contribution in [2.45, 2.75) is 26.7 Å². The van der Waals surface area contributed by atoms with Gasteiger partial charge in [-0.1, -0.05) is 35.9 Å². The number of sulfonamides is 1. The smallest absolute Gasteiger partial charge is 0.415 e. The summed E-state index contributed by atoms with van der Waals surface area (Å²) < 4.78 is 42.7. The van der Waals surface area contributed by atoms with Gasteiger partial charge in [0.2, 0.25) is 22.2 Å². The van der Waals surface area contributed by atoms with Crippen LogP contribution in [-0.4, -0.2) is 74.0 Å². The van der Waals surface area contributed by atoms with Gasteiger partial charge in [-0.3, -0.25) is 20.3 Å². The number of nitrogens with zero attached hydrogens (tertiary/aromatic N) is 2. The Balaban J connectivity index is 1.32. The Kier molecular flexibility index (Phi) is 8.76. The van der Waals surface area contributed by atoms with Crippen LogP contribution in [0.2, 0.25) is 5.02 Å². The molecule has 1 fully saturated rings. The highest BCUT2D eigenvalue weighted by Crippen LogP contribution is 2.32. The van der Waals surface area contributed by atoms with Crippen molar-refractivity contribution < 1.29 is 37.0 Å². The average Bonchev–Trinajstić information content (AvgIpc) is 2.89. The number of carbonyl (C=O) groups excluding carboxylic acids is 3. The number of rotatable bonds is 7. The first-order chi connectivity index (χ1) is 18.9. The SMILES string of the molecule is CC(=O)OC(C)OC(=O)NC(=N)c1ccc(CN2CCN(S(=O)(=O)C3=Cc4ccc(Cl)cc4OC3)CC2=O)cc1. The van der Waals surface area contributed by atoms with Gasteiger partial charge in [0, 0.05) is 49.6 Å². The molecule has 2 heterocycles. The van der Waals surface area contributed by atoms with Crippen molar-refractivity contribution in [3.63, 3.8) is 0 Å². The second-order valence-electron chi connectivity index (χ2n) is 9.01. The van der Waals surface area contributed by atoms with E-state index in [2.05, 4.69) is 5.32 Å². The van der Waals surface area contributed by atoms with Gasteiger partial charge in [-0.15, -0.1) is 0 Å². The minimum atomic E-state index is -3.91. The first-order valence-corrected chi connectivity index (χ1v) is 14.0. The van der Waals surface area contributed by atoms with Crippen molar-refractivity contribution in [1.29, 1.82) is 5.41 Å². The molecule has 0 spiro atoms. The summed E-state index contributed by atoms with van der Waals surface area (Å²) in [6, 6.07) is 11.5. The lowest BCUT2D eigenvalue weighted by molar-refractivity contribution is -0.161. The largest absolute Gasteiger partial charge is 0.487 e. The van der Waals surface area contributed by atoms with E-state index in [1.807, 2.05) is 0 Å². The van der Waals surface area contributed by atoms with Crippen molar-refractivity contribution in [3.05, 3.63) is 69.1 Å². The summed E-state index contributed by atoms with van der Waals surface area (Å²) in [7, 11) is -3.91. The number of nitrogens with one attached hydrogen (secondary N) is 2. The maximum Gasteiger partial charge on any atom is 0.415 e. The lowest BCUT2D eigenvalue weighted by Gasteiger charge is -2.34. The monoisotopic (exact) mass is 590 g/mol. The fourth-order valence-corrected chi connectivity index (χ4v) is 5.68. The minimum Gasteiger partial charge on any atom is -0.487 e. The Labute approximate surface area is 236 Å². The molecule has 1 saturated heterocycles. The van der Waals surface area contributed by atoms with E-state index in [-0.39, 0.29) is 49.4 Å². The molecule has 2 aromatic carbocycles. The molecule has 2 amide bonds. The normalized spacial score (nSPS) is 16.2. The number of halogens is 1. The van der Waals surface area contributed by atoms with E-state index in [9.17, 15) is 22.8 Å². The van der Waals surface area contributed by atoms with Crippen molar-refractivity contribution in [1.82, 2.24) is 14.5 Å². The van der Waals surface area contributed by atoms with E-state index in [0.29, 0.717) is 21.9 Å². The Bertz CT molecular complexity index is 1480. The summed E-state index contributed by atoms with van der Waals surface area (Å²) in [5, 5.41) is 10.8. The molecule has 14 heteroatoms. The van der Waals surface area contributed by atoms with Crippen LogP contribution in [0.3, 0.4) is 0 Å². The van der Waals surface area contributed by atoms with Crippen LogP contribution in [0, 0.1) is 5.41 Å². The second kappa shape index (κ2) is 12.1. The zero-order valence-corrected chi connectivity index (χ0v) is 23.3. The highest BCUT2D eigenvalue weighted by Gasteiger charge is 2.35. The van der Waals surface area contributed by atoms with Crippen LogP contribution in [0.4, 0.5) is 4.79 Å². The molecule has 0 aliphatic carbocycles. The number of fused-ring (bicyclic) bond motifs is 1. The van der Waals surface area contributed by atoms with Gasteiger partial charge in [0.05, 0.1) is 11.4 Å². The summed E-state index contributed by atoms with van der Waals surface area (Å²) in [6.07, 6.45) is -0.523. The zero-order valence-electron chi connectivity index (χ0n) is 21.7. The summed E-state index contributed by atoms with van der Waals surface area (Å²) in [5.41, 5.74) is 1.74. The first kappa shape index (κ1) is 29.1. The molecule has 1 atom stereocenters. The van der Waals surface area contributed by atoms with Crippen LogP contribution < -0.4 is 10.1 Å². The number of amides is 2. The van der Waals surface area contributed by atoms with Crippen LogP contribution in [0.1, 0.15) is 30.5 Å². The topological polar surface area (TPSA) is 155 Å². The Morgan fingerprint density at radius 2 is 1.88 bits per heavy atom. The van der Waals surface area contributed by atoms with E-state index in [4.69, 9.17) is 31.2 Å². The molecular weight excluding hydrogens is 564 g/mol. The molecule has 4 rings (SSSR count). The van der Waals surface area contributed by atoms with Crippen LogP contribution in [-0.2, 0) is 35.6 Å². The molecule has 1 unspecified atom stereocenters. The fourth-order valence-electron chi connectivity index (χ4n) is 4.10. The second-order valence-corrected chi connectivity index (χ2v) is 11.4. The highest BCUT2D eigenvalue weighted by atomic mass is 35.5. The molecule has 0 aromatic heterocycles. The van der Waals surface area contributed by atoms with Crippen LogP contribution >= 0.6 is 11.6 Å². The molecular formula is C26H27ClN4O8S.